The maximum Gasteiger partial charge on any atom is 0.307 e. The Kier molecular flexibility index (Phi) is 4.65. The Morgan fingerprint density at radius 2 is 2.05 bits per heavy atom. The monoisotopic (exact) mass is 272 g/mol. The van der Waals surface area contributed by atoms with Crippen molar-refractivity contribution in [2.24, 2.45) is 0 Å². The van der Waals surface area contributed by atoms with Gasteiger partial charge in [-0.05, 0) is 19.1 Å². The number of ether oxygens (including phenoxy) is 1. The summed E-state index contributed by atoms with van der Waals surface area (Å²) in [6, 6.07) is 9.15. The third kappa shape index (κ3) is 3.32. The molecule has 0 aliphatic rings. The van der Waals surface area contributed by atoms with Gasteiger partial charge >= 0.3 is 5.97 Å². The van der Waals surface area contributed by atoms with Crippen LogP contribution in [-0.2, 0) is 9.53 Å². The average molecular weight is 272 g/mol. The maximum absolute atomic E-state index is 12.1. The van der Waals surface area contributed by atoms with Crippen molar-refractivity contribution >= 4 is 22.8 Å². The van der Waals surface area contributed by atoms with Crippen LogP contribution in [0.2, 0.25) is 0 Å². The number of nitrogens with zero attached hydrogens (tertiary/aromatic N) is 1. The Morgan fingerprint density at radius 3 is 2.85 bits per heavy atom. The molecule has 1 N–H and O–H groups in total. The van der Waals surface area contributed by atoms with Crippen molar-refractivity contribution in [1.29, 1.82) is 0 Å². The molecule has 0 saturated heterocycles. The second kappa shape index (κ2) is 6.65. The molecular formula is C15H16N2O3. The summed E-state index contributed by atoms with van der Waals surface area (Å²) in [6.07, 6.45) is 1.81. The van der Waals surface area contributed by atoms with Crippen molar-refractivity contribution in [3.05, 3.63) is 42.1 Å². The van der Waals surface area contributed by atoms with Crippen LogP contribution in [0.1, 0.15) is 23.7 Å². The molecule has 5 heteroatoms. The lowest BCUT2D eigenvalue weighted by molar-refractivity contribution is -0.142. The number of esters is 1. The van der Waals surface area contributed by atoms with Gasteiger partial charge in [-0.1, -0.05) is 18.2 Å². The molecule has 1 aromatic carbocycles. The molecule has 2 rings (SSSR count). The van der Waals surface area contributed by atoms with Gasteiger partial charge in [-0.3, -0.25) is 14.6 Å². The van der Waals surface area contributed by atoms with Gasteiger partial charge in [0.2, 0.25) is 0 Å². The first-order chi connectivity index (χ1) is 9.72. The molecule has 20 heavy (non-hydrogen) atoms. The van der Waals surface area contributed by atoms with Gasteiger partial charge < -0.3 is 10.1 Å². The molecule has 0 fully saturated rings. The number of para-hydroxylation sites is 1. The lowest BCUT2D eigenvalue weighted by Gasteiger charge is -2.07. The molecule has 5 nitrogen and oxygen atoms in total. The third-order valence-electron chi connectivity index (χ3n) is 2.80. The summed E-state index contributed by atoms with van der Waals surface area (Å²) in [4.78, 5) is 27.5. The summed E-state index contributed by atoms with van der Waals surface area (Å²) < 4.78 is 4.80. The highest BCUT2D eigenvalue weighted by molar-refractivity contribution is 6.05. The van der Waals surface area contributed by atoms with E-state index in [0.29, 0.717) is 17.7 Å². The summed E-state index contributed by atoms with van der Waals surface area (Å²) in [5.41, 5.74) is 1.16. The van der Waals surface area contributed by atoms with E-state index in [2.05, 4.69) is 10.3 Å². The molecule has 0 atom stereocenters. The number of hydrogen-bond donors (Lipinski definition) is 1. The van der Waals surface area contributed by atoms with Gasteiger partial charge in [0.25, 0.3) is 5.91 Å². The number of pyridine rings is 1. The van der Waals surface area contributed by atoms with Crippen molar-refractivity contribution in [3.8, 4) is 0 Å². The minimum atomic E-state index is -0.316. The highest BCUT2D eigenvalue weighted by Crippen LogP contribution is 2.15. The van der Waals surface area contributed by atoms with E-state index in [4.69, 9.17) is 4.74 Å². The predicted octanol–water partition coefficient (Wildman–Crippen LogP) is 1.92. The van der Waals surface area contributed by atoms with Gasteiger partial charge in [0.05, 0.1) is 24.1 Å². The van der Waals surface area contributed by atoms with E-state index >= 15 is 0 Å². The Morgan fingerprint density at radius 1 is 1.25 bits per heavy atom. The zero-order valence-electron chi connectivity index (χ0n) is 11.3. The van der Waals surface area contributed by atoms with Crippen LogP contribution < -0.4 is 5.32 Å². The first-order valence-corrected chi connectivity index (χ1v) is 6.50. The molecule has 0 spiro atoms. The van der Waals surface area contributed by atoms with Crippen molar-refractivity contribution in [2.75, 3.05) is 13.2 Å². The molecular weight excluding hydrogens is 256 g/mol. The van der Waals surface area contributed by atoms with E-state index in [-0.39, 0.29) is 24.8 Å². The molecule has 1 amide bonds. The van der Waals surface area contributed by atoms with E-state index in [0.717, 1.165) is 5.39 Å². The number of benzene rings is 1. The zero-order chi connectivity index (χ0) is 14.4. The number of carbonyl (C=O) groups excluding carboxylic acids is 2. The fourth-order valence-corrected chi connectivity index (χ4v) is 1.89. The van der Waals surface area contributed by atoms with Gasteiger partial charge in [0.1, 0.15) is 0 Å². The summed E-state index contributed by atoms with van der Waals surface area (Å²) in [7, 11) is 0. The lowest BCUT2D eigenvalue weighted by atomic mass is 10.1. The van der Waals surface area contributed by atoms with Crippen molar-refractivity contribution in [1.82, 2.24) is 10.3 Å². The first-order valence-electron chi connectivity index (χ1n) is 6.50. The Labute approximate surface area is 117 Å². The predicted molar refractivity (Wildman–Crippen MR) is 75.3 cm³/mol. The Hall–Kier alpha value is -2.43. The van der Waals surface area contributed by atoms with Crippen molar-refractivity contribution in [3.63, 3.8) is 0 Å². The molecule has 0 aliphatic carbocycles. The lowest BCUT2D eigenvalue weighted by Crippen LogP contribution is -2.26. The van der Waals surface area contributed by atoms with E-state index in [1.165, 1.54) is 0 Å². The second-order valence-corrected chi connectivity index (χ2v) is 4.19. The van der Waals surface area contributed by atoms with Crippen LogP contribution in [0.15, 0.2) is 36.5 Å². The summed E-state index contributed by atoms with van der Waals surface area (Å²) in [5, 5.41) is 3.61. The fourth-order valence-electron chi connectivity index (χ4n) is 1.89. The van der Waals surface area contributed by atoms with Crippen LogP contribution in [0.4, 0.5) is 0 Å². The quantitative estimate of drug-likeness (QED) is 0.844. The molecule has 0 saturated carbocycles. The third-order valence-corrected chi connectivity index (χ3v) is 2.80. The van der Waals surface area contributed by atoms with Crippen molar-refractivity contribution in [2.45, 2.75) is 13.3 Å². The number of fused-ring (bicyclic) bond motifs is 1. The first kappa shape index (κ1) is 14.0. The number of rotatable bonds is 5. The molecule has 1 aromatic heterocycles. The Bertz CT molecular complexity index is 620. The number of hydrogen-bond acceptors (Lipinski definition) is 4. The SMILES string of the molecule is CCOC(=O)CCNC(=O)c1cccc2cccnc12. The molecule has 0 unspecified atom stereocenters. The topological polar surface area (TPSA) is 68.3 Å². The normalized spacial score (nSPS) is 10.2. The van der Waals surface area contributed by atoms with Crippen LogP contribution in [0.5, 0.6) is 0 Å². The molecule has 1 heterocycles. The van der Waals surface area contributed by atoms with Crippen LogP contribution >= 0.6 is 0 Å². The smallest absolute Gasteiger partial charge is 0.307 e. The summed E-state index contributed by atoms with van der Waals surface area (Å²) in [5.74, 6) is -0.553. The molecule has 0 bridgehead atoms. The van der Waals surface area contributed by atoms with Gasteiger partial charge in [-0.15, -0.1) is 0 Å². The van der Waals surface area contributed by atoms with E-state index in [9.17, 15) is 9.59 Å². The largest absolute Gasteiger partial charge is 0.466 e. The zero-order valence-corrected chi connectivity index (χ0v) is 11.3. The molecule has 104 valence electrons. The minimum Gasteiger partial charge on any atom is -0.466 e. The molecule has 0 aliphatic heterocycles. The van der Waals surface area contributed by atoms with Gasteiger partial charge in [-0.25, -0.2) is 0 Å². The highest BCUT2D eigenvalue weighted by atomic mass is 16.5. The van der Waals surface area contributed by atoms with E-state index in [1.807, 2.05) is 24.3 Å². The van der Waals surface area contributed by atoms with Gasteiger partial charge in [-0.2, -0.15) is 0 Å². The maximum atomic E-state index is 12.1. The number of carbonyl (C=O) groups is 2. The number of aromatic nitrogens is 1. The highest BCUT2D eigenvalue weighted by Gasteiger charge is 2.11. The average Bonchev–Trinajstić information content (AvgIpc) is 2.47. The summed E-state index contributed by atoms with van der Waals surface area (Å²) in [6.45, 7) is 2.35. The van der Waals surface area contributed by atoms with Crippen molar-refractivity contribution < 1.29 is 14.3 Å². The van der Waals surface area contributed by atoms with Gasteiger partial charge in [0, 0.05) is 18.1 Å². The molecule has 2 aromatic rings. The van der Waals surface area contributed by atoms with Gasteiger partial charge in [0.15, 0.2) is 0 Å². The second-order valence-electron chi connectivity index (χ2n) is 4.19. The van der Waals surface area contributed by atoms with E-state index < -0.39 is 0 Å². The Balaban J connectivity index is 2.03. The number of amides is 1. The molecule has 0 radical (unpaired) electrons. The summed E-state index contributed by atoms with van der Waals surface area (Å²) >= 11 is 0. The van der Waals surface area contributed by atoms with Crippen LogP contribution in [-0.4, -0.2) is 30.0 Å². The van der Waals surface area contributed by atoms with Crippen LogP contribution in [0, 0.1) is 0 Å². The minimum absolute atomic E-state index is 0.164. The number of nitrogens with one attached hydrogen (secondary N) is 1. The fraction of sp³-hybridized carbons (Fsp3) is 0.267. The van der Waals surface area contributed by atoms with E-state index in [1.54, 1.807) is 19.2 Å². The van der Waals surface area contributed by atoms with Crippen LogP contribution in [0.25, 0.3) is 10.9 Å². The van der Waals surface area contributed by atoms with Crippen LogP contribution in [0.3, 0.4) is 0 Å². The standard InChI is InChI=1S/C15H16N2O3/c1-2-20-13(18)8-10-17-15(19)12-7-3-5-11-6-4-9-16-14(11)12/h3-7,9H,2,8,10H2,1H3,(H,17,19).